The van der Waals surface area contributed by atoms with E-state index in [0.29, 0.717) is 0 Å². The summed E-state index contributed by atoms with van der Waals surface area (Å²) < 4.78 is 23.9. The Morgan fingerprint density at radius 2 is 2.00 bits per heavy atom. The standard InChI is InChI=1S/C9H17O10P/c1-8(12)4-9(13,7(11)17-2)19-5(6(8)10)3-18-20(14,15)16/h5-6,10,12-13H,3-4H2,1-2H3,(H2,14,15,16)/t5-,6-,8-,9?/m1/s1. The molecule has 20 heavy (non-hydrogen) atoms. The number of esters is 1. The molecule has 1 unspecified atom stereocenters. The van der Waals surface area contributed by atoms with Crippen LogP contribution in [0.25, 0.3) is 0 Å². The SMILES string of the molecule is COC(=O)C1(O)C[C@@](C)(O)[C@H](O)[C@@H](COP(=O)(O)O)O1. The maximum atomic E-state index is 11.4. The van der Waals surface area contributed by atoms with Gasteiger partial charge in [-0.15, -0.1) is 0 Å². The summed E-state index contributed by atoms with van der Waals surface area (Å²) in [5, 5.41) is 29.8. The maximum absolute atomic E-state index is 11.4. The van der Waals surface area contributed by atoms with Crippen molar-refractivity contribution in [1.29, 1.82) is 0 Å². The van der Waals surface area contributed by atoms with Gasteiger partial charge in [-0.25, -0.2) is 9.36 Å². The summed E-state index contributed by atoms with van der Waals surface area (Å²) in [6, 6.07) is 0. The monoisotopic (exact) mass is 316 g/mol. The Morgan fingerprint density at radius 3 is 2.45 bits per heavy atom. The van der Waals surface area contributed by atoms with Gasteiger partial charge in [0.1, 0.15) is 12.2 Å². The van der Waals surface area contributed by atoms with Crippen LogP contribution in [0.2, 0.25) is 0 Å². The third-order valence-corrected chi connectivity index (χ3v) is 3.33. The van der Waals surface area contributed by atoms with Crippen LogP contribution < -0.4 is 0 Å². The number of carbonyl (C=O) groups is 1. The molecule has 0 aromatic rings. The van der Waals surface area contributed by atoms with Gasteiger partial charge in [0, 0.05) is 6.42 Å². The zero-order chi connectivity index (χ0) is 15.8. The molecule has 0 amide bonds. The smallest absolute Gasteiger partial charge is 0.465 e. The minimum Gasteiger partial charge on any atom is -0.465 e. The van der Waals surface area contributed by atoms with Gasteiger partial charge in [-0.1, -0.05) is 0 Å². The van der Waals surface area contributed by atoms with Gasteiger partial charge in [0.15, 0.2) is 0 Å². The fourth-order valence-electron chi connectivity index (χ4n) is 1.92. The van der Waals surface area contributed by atoms with Crippen LogP contribution in [0, 0.1) is 0 Å². The molecule has 11 heteroatoms. The number of hydrogen-bond acceptors (Lipinski definition) is 8. The number of carbonyl (C=O) groups excluding carboxylic acids is 1. The van der Waals surface area contributed by atoms with Gasteiger partial charge >= 0.3 is 13.8 Å². The lowest BCUT2D eigenvalue weighted by Gasteiger charge is -2.45. The normalized spacial score (nSPS) is 38.5. The Morgan fingerprint density at radius 1 is 1.45 bits per heavy atom. The van der Waals surface area contributed by atoms with E-state index in [0.717, 1.165) is 14.0 Å². The van der Waals surface area contributed by atoms with Crippen molar-refractivity contribution in [1.82, 2.24) is 0 Å². The van der Waals surface area contributed by atoms with Crippen LogP contribution in [0.3, 0.4) is 0 Å². The predicted molar refractivity (Wildman–Crippen MR) is 61.1 cm³/mol. The van der Waals surface area contributed by atoms with E-state index in [2.05, 4.69) is 9.26 Å². The third kappa shape index (κ3) is 3.96. The van der Waals surface area contributed by atoms with Gasteiger partial charge in [0.2, 0.25) is 0 Å². The molecule has 10 nitrogen and oxygen atoms in total. The van der Waals surface area contributed by atoms with E-state index in [1.165, 1.54) is 0 Å². The summed E-state index contributed by atoms with van der Waals surface area (Å²) in [6.07, 6.45) is -3.87. The quantitative estimate of drug-likeness (QED) is 0.285. The van der Waals surface area contributed by atoms with Crippen molar-refractivity contribution in [3.63, 3.8) is 0 Å². The highest BCUT2D eigenvalue weighted by molar-refractivity contribution is 7.46. The number of rotatable bonds is 4. The van der Waals surface area contributed by atoms with E-state index in [4.69, 9.17) is 14.5 Å². The predicted octanol–water partition coefficient (Wildman–Crippen LogP) is -2.14. The van der Waals surface area contributed by atoms with Crippen molar-refractivity contribution < 1.29 is 48.5 Å². The van der Waals surface area contributed by atoms with E-state index in [9.17, 15) is 24.7 Å². The molecule has 118 valence electrons. The fourth-order valence-corrected chi connectivity index (χ4v) is 2.26. The first-order chi connectivity index (χ1) is 8.91. The van der Waals surface area contributed by atoms with Crippen LogP contribution in [-0.4, -0.2) is 68.4 Å². The molecule has 0 spiro atoms. The molecule has 0 saturated carbocycles. The lowest BCUT2D eigenvalue weighted by atomic mass is 9.84. The van der Waals surface area contributed by atoms with Gasteiger partial charge < -0.3 is 34.6 Å². The number of aliphatic hydroxyl groups is 3. The zero-order valence-corrected chi connectivity index (χ0v) is 11.7. The number of ether oxygens (including phenoxy) is 2. The van der Waals surface area contributed by atoms with Crippen LogP contribution in [0.4, 0.5) is 0 Å². The zero-order valence-electron chi connectivity index (χ0n) is 10.8. The second kappa shape index (κ2) is 5.66. The highest BCUT2D eigenvalue weighted by Crippen LogP contribution is 2.40. The van der Waals surface area contributed by atoms with Crippen molar-refractivity contribution in [2.75, 3.05) is 13.7 Å². The number of aliphatic hydroxyl groups excluding tert-OH is 1. The Hall–Kier alpha value is -0.580. The van der Waals surface area contributed by atoms with Gasteiger partial charge in [-0.05, 0) is 6.92 Å². The Kier molecular flexibility index (Phi) is 4.95. The molecular weight excluding hydrogens is 299 g/mol. The highest BCUT2D eigenvalue weighted by atomic mass is 31.2. The Bertz CT molecular complexity index is 417. The average Bonchev–Trinajstić information content (AvgIpc) is 2.29. The molecule has 1 aliphatic heterocycles. The van der Waals surface area contributed by atoms with E-state index < -0.39 is 50.4 Å². The van der Waals surface area contributed by atoms with Crippen LogP contribution in [0.5, 0.6) is 0 Å². The van der Waals surface area contributed by atoms with E-state index in [1.54, 1.807) is 0 Å². The first-order valence-corrected chi connectivity index (χ1v) is 7.03. The fraction of sp³-hybridized carbons (Fsp3) is 0.889. The molecule has 5 N–H and O–H groups in total. The van der Waals surface area contributed by atoms with E-state index >= 15 is 0 Å². The van der Waals surface area contributed by atoms with E-state index in [1.807, 2.05) is 0 Å². The largest absolute Gasteiger partial charge is 0.469 e. The second-order valence-corrected chi connectivity index (χ2v) is 5.94. The first-order valence-electron chi connectivity index (χ1n) is 5.50. The van der Waals surface area contributed by atoms with Crippen LogP contribution in [0.15, 0.2) is 0 Å². The molecule has 1 saturated heterocycles. The lowest BCUT2D eigenvalue weighted by molar-refractivity contribution is -0.317. The number of methoxy groups -OCH3 is 1. The molecule has 0 bridgehead atoms. The van der Waals surface area contributed by atoms with Crippen LogP contribution >= 0.6 is 7.82 Å². The molecule has 1 heterocycles. The van der Waals surface area contributed by atoms with Gasteiger partial charge in [0.25, 0.3) is 5.79 Å². The second-order valence-electron chi connectivity index (χ2n) is 4.70. The summed E-state index contributed by atoms with van der Waals surface area (Å²) in [6.45, 7) is 0.277. The highest BCUT2D eigenvalue weighted by Gasteiger charge is 2.56. The Balaban J connectivity index is 2.93. The molecule has 0 aromatic carbocycles. The molecule has 1 rings (SSSR count). The third-order valence-electron chi connectivity index (χ3n) is 2.84. The lowest BCUT2D eigenvalue weighted by Crippen LogP contribution is -2.64. The van der Waals surface area contributed by atoms with Crippen molar-refractivity contribution in [2.45, 2.75) is 36.9 Å². The number of hydrogen-bond donors (Lipinski definition) is 5. The van der Waals surface area contributed by atoms with Crippen LogP contribution in [0.1, 0.15) is 13.3 Å². The van der Waals surface area contributed by atoms with Crippen molar-refractivity contribution in [2.24, 2.45) is 0 Å². The molecule has 4 atom stereocenters. The minimum atomic E-state index is -4.84. The summed E-state index contributed by atoms with van der Waals surface area (Å²) in [4.78, 5) is 28.6. The summed E-state index contributed by atoms with van der Waals surface area (Å²) in [7, 11) is -3.87. The minimum absolute atomic E-state index is 0.680. The van der Waals surface area contributed by atoms with Gasteiger partial charge in [-0.3, -0.25) is 4.52 Å². The van der Waals surface area contributed by atoms with Gasteiger partial charge in [-0.2, -0.15) is 0 Å². The molecule has 0 aliphatic carbocycles. The summed E-state index contributed by atoms with van der Waals surface area (Å²) >= 11 is 0. The van der Waals surface area contributed by atoms with E-state index in [-0.39, 0.29) is 0 Å². The molecule has 0 radical (unpaired) electrons. The number of phosphoric acid groups is 1. The molecule has 1 aliphatic rings. The van der Waals surface area contributed by atoms with Crippen molar-refractivity contribution in [3.8, 4) is 0 Å². The van der Waals surface area contributed by atoms with Gasteiger partial charge in [0.05, 0.1) is 19.3 Å². The maximum Gasteiger partial charge on any atom is 0.469 e. The summed E-state index contributed by atoms with van der Waals surface area (Å²) in [5.74, 6) is -3.77. The van der Waals surface area contributed by atoms with Crippen molar-refractivity contribution >= 4 is 13.8 Å². The van der Waals surface area contributed by atoms with Crippen LogP contribution in [-0.2, 0) is 23.4 Å². The Labute approximate surface area is 114 Å². The first kappa shape index (κ1) is 17.5. The summed E-state index contributed by atoms with van der Waals surface area (Å²) in [5.41, 5.74) is -1.95. The van der Waals surface area contributed by atoms with Crippen molar-refractivity contribution in [3.05, 3.63) is 0 Å². The topological polar surface area (TPSA) is 163 Å². The number of phosphoric ester groups is 1. The molecular formula is C9H17O10P. The average molecular weight is 316 g/mol. The molecule has 0 aromatic heterocycles. The molecule has 1 fully saturated rings.